The van der Waals surface area contributed by atoms with Gasteiger partial charge in [-0.1, -0.05) is 0 Å². The maximum atomic E-state index is 11.6. The van der Waals surface area contributed by atoms with Crippen LogP contribution in [0.5, 0.6) is 5.75 Å². The fourth-order valence-corrected chi connectivity index (χ4v) is 2.09. The van der Waals surface area contributed by atoms with Crippen molar-refractivity contribution in [1.29, 1.82) is 0 Å². The molecule has 3 heteroatoms. The minimum atomic E-state index is 0.175. The van der Waals surface area contributed by atoms with Crippen LogP contribution in [0, 0.1) is 0 Å². The lowest BCUT2D eigenvalue weighted by atomic mass is 9.87. The summed E-state index contributed by atoms with van der Waals surface area (Å²) in [4.78, 5) is 11.6. The summed E-state index contributed by atoms with van der Waals surface area (Å²) in [5.74, 6) is 0.402. The number of hydrogen-bond acceptors (Lipinski definition) is 3. The van der Waals surface area contributed by atoms with E-state index in [1.165, 1.54) is 0 Å². The molecule has 1 aliphatic carbocycles. The molecule has 80 valence electrons. The first-order valence-electron chi connectivity index (χ1n) is 5.10. The highest BCUT2D eigenvalue weighted by molar-refractivity contribution is 5.99. The number of aromatic hydroxyl groups is 1. The SMILES string of the molecule is COCc1c(O)ccc2c1CCCC2=O. The number of Topliss-reactive ketones (excluding diaryl/α,β-unsaturated/α-hetero) is 1. The van der Waals surface area contributed by atoms with Crippen LogP contribution in [-0.4, -0.2) is 18.0 Å². The molecule has 0 aliphatic heterocycles. The summed E-state index contributed by atoms with van der Waals surface area (Å²) in [6.07, 6.45) is 2.34. The van der Waals surface area contributed by atoms with Crippen LogP contribution >= 0.6 is 0 Å². The molecule has 0 spiro atoms. The minimum Gasteiger partial charge on any atom is -0.508 e. The number of methoxy groups -OCH3 is 1. The zero-order valence-electron chi connectivity index (χ0n) is 8.75. The van der Waals surface area contributed by atoms with Crippen LogP contribution in [-0.2, 0) is 17.8 Å². The summed E-state index contributed by atoms with van der Waals surface area (Å²) >= 11 is 0. The summed E-state index contributed by atoms with van der Waals surface area (Å²) in [5.41, 5.74) is 2.49. The molecule has 1 aromatic rings. The van der Waals surface area contributed by atoms with Crippen LogP contribution in [0.4, 0.5) is 0 Å². The van der Waals surface area contributed by atoms with Crippen LogP contribution in [0.1, 0.15) is 34.3 Å². The third-order valence-corrected chi connectivity index (χ3v) is 2.83. The zero-order valence-corrected chi connectivity index (χ0v) is 8.75. The molecule has 0 saturated heterocycles. The van der Waals surface area contributed by atoms with Crippen molar-refractivity contribution >= 4 is 5.78 Å². The Bertz CT molecular complexity index is 396. The Morgan fingerprint density at radius 1 is 1.40 bits per heavy atom. The van der Waals surface area contributed by atoms with E-state index in [1.54, 1.807) is 19.2 Å². The molecule has 2 rings (SSSR count). The summed E-state index contributed by atoms with van der Waals surface area (Å²) < 4.78 is 5.04. The summed E-state index contributed by atoms with van der Waals surface area (Å²) in [6.45, 7) is 0.363. The minimum absolute atomic E-state index is 0.175. The van der Waals surface area contributed by atoms with Crippen molar-refractivity contribution in [3.63, 3.8) is 0 Å². The van der Waals surface area contributed by atoms with Gasteiger partial charge in [0.2, 0.25) is 0 Å². The maximum absolute atomic E-state index is 11.6. The predicted molar refractivity (Wildman–Crippen MR) is 56.1 cm³/mol. The molecular formula is C12H14O3. The second-order valence-electron chi connectivity index (χ2n) is 3.80. The number of phenols is 1. The molecule has 0 unspecified atom stereocenters. The Kier molecular flexibility index (Phi) is 2.73. The van der Waals surface area contributed by atoms with E-state index in [0.717, 1.165) is 29.5 Å². The van der Waals surface area contributed by atoms with E-state index in [0.29, 0.717) is 13.0 Å². The fraction of sp³-hybridized carbons (Fsp3) is 0.417. The van der Waals surface area contributed by atoms with Gasteiger partial charge in [0.1, 0.15) is 5.75 Å². The van der Waals surface area contributed by atoms with Gasteiger partial charge >= 0.3 is 0 Å². The molecule has 1 aromatic carbocycles. The average molecular weight is 206 g/mol. The van der Waals surface area contributed by atoms with E-state index in [4.69, 9.17) is 4.74 Å². The lowest BCUT2D eigenvalue weighted by Crippen LogP contribution is -2.13. The van der Waals surface area contributed by atoms with E-state index in [1.807, 2.05) is 0 Å². The van der Waals surface area contributed by atoms with E-state index >= 15 is 0 Å². The van der Waals surface area contributed by atoms with E-state index in [-0.39, 0.29) is 11.5 Å². The lowest BCUT2D eigenvalue weighted by Gasteiger charge is -2.19. The number of carbonyl (C=O) groups is 1. The van der Waals surface area contributed by atoms with Gasteiger partial charge in [-0.15, -0.1) is 0 Å². The molecule has 0 aromatic heterocycles. The number of phenolic OH excluding ortho intramolecular Hbond substituents is 1. The van der Waals surface area contributed by atoms with Crippen molar-refractivity contribution < 1.29 is 14.6 Å². The fourth-order valence-electron chi connectivity index (χ4n) is 2.09. The number of hydrogen-bond donors (Lipinski definition) is 1. The molecule has 0 atom stereocenters. The normalized spacial score (nSPS) is 15.1. The zero-order chi connectivity index (χ0) is 10.8. The van der Waals surface area contributed by atoms with Gasteiger partial charge in [-0.2, -0.15) is 0 Å². The molecule has 0 amide bonds. The molecule has 15 heavy (non-hydrogen) atoms. The number of ether oxygens (including phenoxy) is 1. The molecule has 1 aliphatic rings. The number of carbonyl (C=O) groups excluding carboxylic acids is 1. The Balaban J connectivity index is 2.53. The second kappa shape index (κ2) is 4.03. The number of rotatable bonds is 2. The molecule has 0 radical (unpaired) electrons. The van der Waals surface area contributed by atoms with E-state index in [2.05, 4.69) is 0 Å². The van der Waals surface area contributed by atoms with Crippen LogP contribution in [0.2, 0.25) is 0 Å². The Morgan fingerprint density at radius 2 is 2.20 bits per heavy atom. The predicted octanol–water partition coefficient (Wildman–Crippen LogP) is 2.06. The van der Waals surface area contributed by atoms with Crippen molar-refractivity contribution in [2.75, 3.05) is 7.11 Å². The van der Waals surface area contributed by atoms with Crippen LogP contribution in [0.25, 0.3) is 0 Å². The van der Waals surface area contributed by atoms with Crippen LogP contribution in [0.3, 0.4) is 0 Å². The monoisotopic (exact) mass is 206 g/mol. The van der Waals surface area contributed by atoms with Crippen molar-refractivity contribution in [3.05, 3.63) is 28.8 Å². The molecule has 0 bridgehead atoms. The maximum Gasteiger partial charge on any atom is 0.163 e. The quantitative estimate of drug-likeness (QED) is 0.805. The standard InChI is InChI=1S/C12H14O3/c1-15-7-10-8-3-2-4-11(13)9(8)5-6-12(10)14/h5-6,14H,2-4,7H2,1H3. The van der Waals surface area contributed by atoms with Crippen molar-refractivity contribution in [2.45, 2.75) is 25.9 Å². The Labute approximate surface area is 88.7 Å². The average Bonchev–Trinajstić information content (AvgIpc) is 2.23. The molecular weight excluding hydrogens is 192 g/mol. The highest BCUT2D eigenvalue weighted by Crippen LogP contribution is 2.30. The Hall–Kier alpha value is -1.35. The summed E-state index contributed by atoms with van der Waals surface area (Å²) in [5, 5.41) is 9.69. The van der Waals surface area contributed by atoms with Gasteiger partial charge in [0.05, 0.1) is 6.61 Å². The second-order valence-corrected chi connectivity index (χ2v) is 3.80. The highest BCUT2D eigenvalue weighted by Gasteiger charge is 2.21. The first-order valence-corrected chi connectivity index (χ1v) is 5.10. The van der Waals surface area contributed by atoms with Crippen LogP contribution in [0.15, 0.2) is 12.1 Å². The first kappa shape index (κ1) is 10.2. The first-order chi connectivity index (χ1) is 7.24. The largest absolute Gasteiger partial charge is 0.508 e. The van der Waals surface area contributed by atoms with Crippen LogP contribution < -0.4 is 0 Å². The summed E-state index contributed by atoms with van der Waals surface area (Å²) in [7, 11) is 1.59. The molecule has 3 nitrogen and oxygen atoms in total. The molecule has 0 heterocycles. The highest BCUT2D eigenvalue weighted by atomic mass is 16.5. The lowest BCUT2D eigenvalue weighted by molar-refractivity contribution is 0.0971. The van der Waals surface area contributed by atoms with Crippen molar-refractivity contribution in [3.8, 4) is 5.75 Å². The summed E-state index contributed by atoms with van der Waals surface area (Å²) in [6, 6.07) is 3.29. The van der Waals surface area contributed by atoms with Gasteiger partial charge in [-0.3, -0.25) is 4.79 Å². The van der Waals surface area contributed by atoms with Gasteiger partial charge in [0.15, 0.2) is 5.78 Å². The third kappa shape index (κ3) is 1.75. The van der Waals surface area contributed by atoms with Gasteiger partial charge < -0.3 is 9.84 Å². The van der Waals surface area contributed by atoms with E-state index < -0.39 is 0 Å². The van der Waals surface area contributed by atoms with Gasteiger partial charge in [0, 0.05) is 24.7 Å². The Morgan fingerprint density at radius 3 is 2.93 bits per heavy atom. The number of ketones is 1. The number of benzene rings is 1. The van der Waals surface area contributed by atoms with Crippen molar-refractivity contribution in [2.24, 2.45) is 0 Å². The van der Waals surface area contributed by atoms with E-state index in [9.17, 15) is 9.90 Å². The molecule has 0 saturated carbocycles. The molecule has 1 N–H and O–H groups in total. The van der Waals surface area contributed by atoms with Gasteiger partial charge in [-0.25, -0.2) is 0 Å². The topological polar surface area (TPSA) is 46.5 Å². The smallest absolute Gasteiger partial charge is 0.163 e. The van der Waals surface area contributed by atoms with Crippen molar-refractivity contribution in [1.82, 2.24) is 0 Å². The third-order valence-electron chi connectivity index (χ3n) is 2.83. The van der Waals surface area contributed by atoms with Gasteiger partial charge in [-0.05, 0) is 30.5 Å². The number of fused-ring (bicyclic) bond motifs is 1. The molecule has 0 fully saturated rings. The van der Waals surface area contributed by atoms with Gasteiger partial charge in [0.25, 0.3) is 0 Å².